The Kier molecular flexibility index (Phi) is 5.42. The Morgan fingerprint density at radius 3 is 2.21 bits per heavy atom. The molecule has 0 saturated heterocycles. The van der Waals surface area contributed by atoms with E-state index >= 15 is 0 Å². The number of anilines is 1. The Labute approximate surface area is 113 Å². The number of sulfone groups is 1. The number of rotatable bonds is 6. The smallest absolute Gasteiger partial charge is 0.151 e. The van der Waals surface area contributed by atoms with Gasteiger partial charge in [-0.25, -0.2) is 17.2 Å². The van der Waals surface area contributed by atoms with Gasteiger partial charge < -0.3 is 5.73 Å². The fourth-order valence-corrected chi connectivity index (χ4v) is 4.72. The van der Waals surface area contributed by atoms with Gasteiger partial charge in [-0.1, -0.05) is 6.92 Å². The molecule has 0 aliphatic carbocycles. The van der Waals surface area contributed by atoms with Crippen LogP contribution in [0.2, 0.25) is 0 Å². The molecule has 2 N–H and O–H groups in total. The summed E-state index contributed by atoms with van der Waals surface area (Å²) < 4.78 is 61.6. The van der Waals surface area contributed by atoms with Gasteiger partial charge in [0.1, 0.15) is 16.5 Å². The van der Waals surface area contributed by atoms with Crippen LogP contribution in [-0.2, 0) is 20.6 Å². The van der Waals surface area contributed by atoms with E-state index in [4.69, 9.17) is 5.73 Å². The minimum absolute atomic E-state index is 0.0309. The molecule has 1 unspecified atom stereocenters. The molecule has 0 saturated carbocycles. The molecule has 4 nitrogen and oxygen atoms in total. The first-order valence-electron chi connectivity index (χ1n) is 5.60. The predicted molar refractivity (Wildman–Crippen MR) is 71.0 cm³/mol. The molecule has 0 heterocycles. The van der Waals surface area contributed by atoms with Gasteiger partial charge in [0.05, 0.1) is 16.6 Å². The predicted octanol–water partition coefficient (Wildman–Crippen LogP) is 1.48. The van der Waals surface area contributed by atoms with E-state index in [2.05, 4.69) is 0 Å². The highest BCUT2D eigenvalue weighted by atomic mass is 32.2. The third kappa shape index (κ3) is 4.54. The van der Waals surface area contributed by atoms with Gasteiger partial charge in [0, 0.05) is 17.2 Å². The van der Waals surface area contributed by atoms with Crippen molar-refractivity contribution in [3.05, 3.63) is 23.8 Å². The van der Waals surface area contributed by atoms with E-state index in [0.29, 0.717) is 6.42 Å². The highest BCUT2D eigenvalue weighted by Crippen LogP contribution is 2.20. The zero-order chi connectivity index (χ0) is 14.6. The van der Waals surface area contributed by atoms with Gasteiger partial charge in [0.15, 0.2) is 9.84 Å². The van der Waals surface area contributed by atoms with Crippen LogP contribution in [0.3, 0.4) is 0 Å². The molecule has 1 rings (SSSR count). The maximum absolute atomic E-state index is 13.5. The third-order valence-electron chi connectivity index (χ3n) is 2.34. The van der Waals surface area contributed by atoms with E-state index in [1.54, 1.807) is 6.92 Å². The van der Waals surface area contributed by atoms with Gasteiger partial charge in [-0.2, -0.15) is 0 Å². The first kappa shape index (κ1) is 16.0. The minimum atomic E-state index is -3.33. The lowest BCUT2D eigenvalue weighted by Gasteiger charge is -2.07. The van der Waals surface area contributed by atoms with E-state index < -0.39 is 37.2 Å². The van der Waals surface area contributed by atoms with Gasteiger partial charge in [0.2, 0.25) is 0 Å². The normalized spacial score (nSPS) is 13.4. The van der Waals surface area contributed by atoms with E-state index in [1.807, 2.05) is 0 Å². The number of nitrogens with two attached hydrogens (primary N) is 1. The summed E-state index contributed by atoms with van der Waals surface area (Å²) in [5.41, 5.74) is 5.12. The van der Waals surface area contributed by atoms with Crippen molar-refractivity contribution >= 4 is 26.3 Å². The van der Waals surface area contributed by atoms with Crippen molar-refractivity contribution in [1.82, 2.24) is 0 Å². The second kappa shape index (κ2) is 6.42. The first-order chi connectivity index (χ1) is 8.76. The molecule has 1 aromatic rings. The van der Waals surface area contributed by atoms with Crippen LogP contribution < -0.4 is 5.73 Å². The standard InChI is InChI=1S/C11H15F2NO3S2/c1-2-4-19(16,17)5-3-18(15)11-9(12)6-8(14)7-10(11)13/h6-7H,2-5,14H2,1H3. The molecule has 8 heteroatoms. The summed E-state index contributed by atoms with van der Waals surface area (Å²) in [6, 6.07) is 1.72. The van der Waals surface area contributed by atoms with E-state index in [0.717, 1.165) is 12.1 Å². The largest absolute Gasteiger partial charge is 0.399 e. The van der Waals surface area contributed by atoms with E-state index in [1.165, 1.54) is 0 Å². The zero-order valence-electron chi connectivity index (χ0n) is 10.4. The van der Waals surface area contributed by atoms with Crippen molar-refractivity contribution < 1.29 is 21.4 Å². The number of hydrogen-bond donors (Lipinski definition) is 1. The molecule has 1 aromatic carbocycles. The summed E-state index contributed by atoms with van der Waals surface area (Å²) in [4.78, 5) is -0.624. The van der Waals surface area contributed by atoms with Crippen molar-refractivity contribution in [2.75, 3.05) is 23.0 Å². The molecule has 0 aliphatic heterocycles. The molecule has 0 aromatic heterocycles. The van der Waals surface area contributed by atoms with Gasteiger partial charge in [-0.05, 0) is 18.6 Å². The fraction of sp³-hybridized carbons (Fsp3) is 0.455. The second-order valence-electron chi connectivity index (χ2n) is 4.02. The van der Waals surface area contributed by atoms with Crippen molar-refractivity contribution in [2.45, 2.75) is 18.2 Å². The van der Waals surface area contributed by atoms with Crippen LogP contribution >= 0.6 is 0 Å². The first-order valence-corrected chi connectivity index (χ1v) is 8.74. The molecule has 0 bridgehead atoms. The number of halogens is 2. The van der Waals surface area contributed by atoms with Gasteiger partial charge >= 0.3 is 0 Å². The SMILES string of the molecule is CCCS(=O)(=O)CCS(=O)c1c(F)cc(N)cc1F. The van der Waals surface area contributed by atoms with Crippen LogP contribution in [0.15, 0.2) is 17.0 Å². The molecule has 0 amide bonds. The molecule has 1 atom stereocenters. The van der Waals surface area contributed by atoms with Crippen LogP contribution in [0.5, 0.6) is 0 Å². The highest BCUT2D eigenvalue weighted by Gasteiger charge is 2.19. The third-order valence-corrected chi connectivity index (χ3v) is 5.88. The van der Waals surface area contributed by atoms with E-state index in [-0.39, 0.29) is 22.9 Å². The number of benzene rings is 1. The minimum Gasteiger partial charge on any atom is -0.399 e. The Hall–Kier alpha value is -1.02. The summed E-state index contributed by atoms with van der Waals surface area (Å²) in [6.07, 6.45) is 0.444. The van der Waals surface area contributed by atoms with Crippen LogP contribution in [-0.4, -0.2) is 29.9 Å². The Morgan fingerprint density at radius 2 is 1.74 bits per heavy atom. The molecule has 0 fully saturated rings. The van der Waals surface area contributed by atoms with Crippen molar-refractivity contribution in [3.8, 4) is 0 Å². The number of hydrogen-bond acceptors (Lipinski definition) is 4. The lowest BCUT2D eigenvalue weighted by atomic mass is 10.3. The summed E-state index contributed by atoms with van der Waals surface area (Å²) in [5, 5.41) is 0. The lowest BCUT2D eigenvalue weighted by Crippen LogP contribution is -2.17. The Bertz CT molecular complexity index is 565. The van der Waals surface area contributed by atoms with Crippen molar-refractivity contribution in [3.63, 3.8) is 0 Å². The Morgan fingerprint density at radius 1 is 1.21 bits per heavy atom. The van der Waals surface area contributed by atoms with Crippen LogP contribution in [0, 0.1) is 11.6 Å². The molecule has 0 spiro atoms. The van der Waals surface area contributed by atoms with Gasteiger partial charge in [-0.15, -0.1) is 0 Å². The molecular weight excluding hydrogens is 296 g/mol. The highest BCUT2D eigenvalue weighted by molar-refractivity contribution is 7.93. The topological polar surface area (TPSA) is 77.2 Å². The summed E-state index contributed by atoms with van der Waals surface area (Å²) in [7, 11) is -5.38. The molecular formula is C11H15F2NO3S2. The second-order valence-corrected chi connectivity index (χ2v) is 7.83. The molecule has 0 aliphatic rings. The average molecular weight is 311 g/mol. The Balaban J connectivity index is 2.86. The van der Waals surface area contributed by atoms with Crippen LogP contribution in [0.4, 0.5) is 14.5 Å². The fourth-order valence-electron chi connectivity index (χ4n) is 1.51. The van der Waals surface area contributed by atoms with Crippen LogP contribution in [0.1, 0.15) is 13.3 Å². The van der Waals surface area contributed by atoms with Crippen molar-refractivity contribution in [2.24, 2.45) is 0 Å². The monoisotopic (exact) mass is 311 g/mol. The van der Waals surface area contributed by atoms with Gasteiger partial charge in [-0.3, -0.25) is 4.21 Å². The maximum Gasteiger partial charge on any atom is 0.151 e. The van der Waals surface area contributed by atoms with Gasteiger partial charge in [0.25, 0.3) is 0 Å². The summed E-state index contributed by atoms with van der Waals surface area (Å²) >= 11 is 0. The van der Waals surface area contributed by atoms with Crippen molar-refractivity contribution in [1.29, 1.82) is 0 Å². The lowest BCUT2D eigenvalue weighted by molar-refractivity contribution is 0.535. The molecule has 108 valence electrons. The van der Waals surface area contributed by atoms with E-state index in [9.17, 15) is 21.4 Å². The quantitative estimate of drug-likeness (QED) is 0.807. The molecule has 19 heavy (non-hydrogen) atoms. The number of nitrogen functional groups attached to an aromatic ring is 1. The summed E-state index contributed by atoms with van der Waals surface area (Å²) in [6.45, 7) is 1.70. The average Bonchev–Trinajstić information content (AvgIpc) is 2.25. The molecule has 0 radical (unpaired) electrons. The summed E-state index contributed by atoms with van der Waals surface area (Å²) in [5.74, 6) is -2.78. The maximum atomic E-state index is 13.5. The zero-order valence-corrected chi connectivity index (χ0v) is 12.0. The van der Waals surface area contributed by atoms with Crippen LogP contribution in [0.25, 0.3) is 0 Å².